The molecule has 0 radical (unpaired) electrons. The maximum Gasteiger partial charge on any atom is 0.150 e. The second kappa shape index (κ2) is 17.9. The molecule has 1 aliphatic heterocycles. The Labute approximate surface area is 272 Å². The lowest BCUT2D eigenvalue weighted by molar-refractivity contribution is -0.111. The van der Waals surface area contributed by atoms with Crippen LogP contribution in [0.3, 0.4) is 0 Å². The predicted octanol–water partition coefficient (Wildman–Crippen LogP) is 7.81. The summed E-state index contributed by atoms with van der Waals surface area (Å²) >= 11 is 6.43. The monoisotopic (exact) mass is 642 g/mol. The minimum atomic E-state index is -1.08. The summed E-state index contributed by atoms with van der Waals surface area (Å²) in [6.07, 6.45) is 10.9. The molecule has 7 unspecified atom stereocenters. The van der Waals surface area contributed by atoms with Crippen molar-refractivity contribution in [2.24, 2.45) is 23.7 Å². The highest BCUT2D eigenvalue weighted by molar-refractivity contribution is 7.83. The minimum Gasteiger partial charge on any atom is -0.491 e. The molecule has 1 aliphatic rings. The lowest BCUT2D eigenvalue weighted by Crippen LogP contribution is -2.36. The Morgan fingerprint density at radius 3 is 2.55 bits per heavy atom. The molecule has 8 heteroatoms. The quantitative estimate of drug-likeness (QED) is 0.141. The highest BCUT2D eigenvalue weighted by atomic mass is 35.5. The van der Waals surface area contributed by atoms with Crippen molar-refractivity contribution in [3.63, 3.8) is 0 Å². The number of ether oxygens (including phenoxy) is 1. The molecular weight excluding hydrogens is 592 g/mol. The van der Waals surface area contributed by atoms with Gasteiger partial charge in [-0.25, -0.2) is 8.93 Å². The highest BCUT2D eigenvalue weighted by Gasteiger charge is 2.31. The normalized spacial score (nSPS) is 19.2. The number of allylic oxidation sites excluding steroid dienone is 2. The smallest absolute Gasteiger partial charge is 0.150 e. The average Bonchev–Trinajstić information content (AvgIpc) is 3.21. The van der Waals surface area contributed by atoms with Gasteiger partial charge in [-0.1, -0.05) is 70.4 Å². The SMILES string of the molecule is CCCCc1cc(Cl)ccc1C1COc2ccc(C=O)cc2N(CC(C)C(CC)C(C=O)/C=C/CC(C)C(C)S(=O)NC)C1. The Balaban J connectivity index is 1.88. The number of carbonyl (C=O) groups excluding carboxylic acids is 2. The number of nitrogens with zero attached hydrogens (tertiary/aromatic N) is 1. The van der Waals surface area contributed by atoms with Crippen LogP contribution in [-0.2, 0) is 22.2 Å². The lowest BCUT2D eigenvalue weighted by Gasteiger charge is -2.34. The summed E-state index contributed by atoms with van der Waals surface area (Å²) in [5, 5.41) is 0.759. The van der Waals surface area contributed by atoms with Crippen LogP contribution in [0.5, 0.6) is 5.75 Å². The molecule has 2 aromatic rings. The predicted molar refractivity (Wildman–Crippen MR) is 184 cm³/mol. The summed E-state index contributed by atoms with van der Waals surface area (Å²) in [6.45, 7) is 12.6. The van der Waals surface area contributed by atoms with E-state index in [1.165, 1.54) is 11.1 Å². The van der Waals surface area contributed by atoms with E-state index >= 15 is 0 Å². The van der Waals surface area contributed by atoms with Crippen LogP contribution in [0.2, 0.25) is 5.02 Å². The van der Waals surface area contributed by atoms with Crippen molar-refractivity contribution in [1.82, 2.24) is 4.72 Å². The fourth-order valence-electron chi connectivity index (χ4n) is 6.37. The molecule has 0 aromatic heterocycles. The molecular formula is C36H51ClN2O4S. The first-order chi connectivity index (χ1) is 21.2. The number of nitrogens with one attached hydrogen (secondary N) is 1. The number of hydrogen-bond donors (Lipinski definition) is 1. The Hall–Kier alpha value is -2.48. The standard InChI is InChI=1S/C36H51ClN2O4S/c1-7-9-12-29-19-32(37)15-16-34(29)31-21-39(35-18-28(22-40)14-17-36(35)43-24-31)20-26(4)33(8-2)30(23-41)13-10-11-25(3)27(5)44(42)38-6/h10,13-19,22-23,25-27,30-31,33,38H,7-9,11-12,20-21,24H2,1-6H3/b13-10+. The minimum absolute atomic E-state index is 0.0119. The van der Waals surface area contributed by atoms with Gasteiger partial charge in [-0.2, -0.15) is 0 Å². The van der Waals surface area contributed by atoms with Crippen LogP contribution < -0.4 is 14.4 Å². The molecule has 44 heavy (non-hydrogen) atoms. The molecule has 242 valence electrons. The molecule has 0 amide bonds. The van der Waals surface area contributed by atoms with E-state index < -0.39 is 11.0 Å². The molecule has 0 saturated carbocycles. The number of aryl methyl sites for hydroxylation is 1. The topological polar surface area (TPSA) is 75.7 Å². The van der Waals surface area contributed by atoms with Gasteiger partial charge in [0.15, 0.2) is 0 Å². The lowest BCUT2D eigenvalue weighted by atomic mass is 9.80. The Morgan fingerprint density at radius 2 is 1.89 bits per heavy atom. The van der Waals surface area contributed by atoms with E-state index in [1.54, 1.807) is 13.1 Å². The first kappa shape index (κ1) is 36.0. The van der Waals surface area contributed by atoms with Gasteiger partial charge in [-0.3, -0.25) is 4.79 Å². The summed E-state index contributed by atoms with van der Waals surface area (Å²) < 4.78 is 21.4. The van der Waals surface area contributed by atoms with Gasteiger partial charge in [0.1, 0.15) is 18.3 Å². The second-order valence-corrected chi connectivity index (χ2v) is 14.5. The van der Waals surface area contributed by atoms with Gasteiger partial charge in [0, 0.05) is 40.8 Å². The summed E-state index contributed by atoms with van der Waals surface area (Å²) in [6, 6.07) is 11.8. The van der Waals surface area contributed by atoms with Crippen LogP contribution in [0.4, 0.5) is 5.69 Å². The molecule has 2 aromatic carbocycles. The van der Waals surface area contributed by atoms with Crippen molar-refractivity contribution >= 4 is 40.8 Å². The van der Waals surface area contributed by atoms with E-state index in [9.17, 15) is 13.8 Å². The Bertz CT molecular complexity index is 1280. The maximum absolute atomic E-state index is 12.4. The molecule has 0 spiro atoms. The van der Waals surface area contributed by atoms with Gasteiger partial charge in [0.2, 0.25) is 0 Å². The van der Waals surface area contributed by atoms with Crippen LogP contribution >= 0.6 is 11.6 Å². The van der Waals surface area contributed by atoms with Crippen LogP contribution in [-0.4, -0.2) is 48.8 Å². The fourth-order valence-corrected chi connectivity index (χ4v) is 7.47. The third-order valence-corrected chi connectivity index (χ3v) is 11.0. The van der Waals surface area contributed by atoms with E-state index in [1.807, 2.05) is 31.2 Å². The molecule has 0 bridgehead atoms. The summed E-state index contributed by atoms with van der Waals surface area (Å²) in [7, 11) is 0.629. The van der Waals surface area contributed by atoms with Crippen LogP contribution in [0, 0.1) is 23.7 Å². The zero-order valence-corrected chi connectivity index (χ0v) is 28.8. The molecule has 7 atom stereocenters. The largest absolute Gasteiger partial charge is 0.491 e. The van der Waals surface area contributed by atoms with Crippen molar-refractivity contribution in [3.05, 3.63) is 70.3 Å². The van der Waals surface area contributed by atoms with Crippen molar-refractivity contribution in [2.75, 3.05) is 31.6 Å². The van der Waals surface area contributed by atoms with Gasteiger partial charge in [0.25, 0.3) is 0 Å². The van der Waals surface area contributed by atoms with Crippen LogP contribution in [0.15, 0.2) is 48.6 Å². The molecule has 3 rings (SSSR count). The maximum atomic E-state index is 12.4. The molecule has 1 heterocycles. The molecule has 0 fully saturated rings. The highest BCUT2D eigenvalue weighted by Crippen LogP contribution is 2.38. The van der Waals surface area contributed by atoms with Crippen molar-refractivity contribution in [1.29, 1.82) is 0 Å². The summed E-state index contributed by atoms with van der Waals surface area (Å²) in [5.74, 6) is 1.22. The summed E-state index contributed by atoms with van der Waals surface area (Å²) in [4.78, 5) is 26.5. The van der Waals surface area contributed by atoms with Crippen LogP contribution in [0.1, 0.15) is 87.7 Å². The van der Waals surface area contributed by atoms with Gasteiger partial charge in [-0.05, 0) is 92.4 Å². The number of rotatable bonds is 17. The third-order valence-electron chi connectivity index (χ3n) is 9.25. The number of anilines is 1. The van der Waals surface area contributed by atoms with Crippen molar-refractivity contribution in [3.8, 4) is 5.75 Å². The van der Waals surface area contributed by atoms with E-state index in [4.69, 9.17) is 16.3 Å². The number of hydrogen-bond acceptors (Lipinski definition) is 5. The molecule has 0 saturated heterocycles. The molecule has 1 N–H and O–H groups in total. The number of aldehydes is 2. The van der Waals surface area contributed by atoms with E-state index in [0.717, 1.165) is 74.2 Å². The fraction of sp³-hybridized carbons (Fsp3) is 0.556. The van der Waals surface area contributed by atoms with Gasteiger partial charge < -0.3 is 14.4 Å². The second-order valence-electron chi connectivity index (χ2n) is 12.3. The van der Waals surface area contributed by atoms with Gasteiger partial charge in [-0.15, -0.1) is 0 Å². The Morgan fingerprint density at radius 1 is 1.11 bits per heavy atom. The van der Waals surface area contributed by atoms with Gasteiger partial charge in [0.05, 0.1) is 23.3 Å². The van der Waals surface area contributed by atoms with Crippen molar-refractivity contribution < 1.29 is 18.5 Å². The summed E-state index contributed by atoms with van der Waals surface area (Å²) in [5.41, 5.74) is 4.05. The van der Waals surface area contributed by atoms with Crippen molar-refractivity contribution in [2.45, 2.75) is 77.9 Å². The molecule has 6 nitrogen and oxygen atoms in total. The molecule has 0 aliphatic carbocycles. The number of carbonyl (C=O) groups is 2. The number of unbranched alkanes of at least 4 members (excludes halogenated alkanes) is 1. The van der Waals surface area contributed by atoms with E-state index in [0.29, 0.717) is 12.2 Å². The van der Waals surface area contributed by atoms with Gasteiger partial charge >= 0.3 is 0 Å². The average molecular weight is 643 g/mol. The first-order valence-electron chi connectivity index (χ1n) is 16.1. The zero-order chi connectivity index (χ0) is 32.2. The number of fused-ring (bicyclic) bond motifs is 1. The first-order valence-corrected chi connectivity index (χ1v) is 17.7. The van der Waals surface area contributed by atoms with E-state index in [2.05, 4.69) is 55.5 Å². The zero-order valence-electron chi connectivity index (χ0n) is 27.3. The number of benzene rings is 2. The van der Waals surface area contributed by atoms with Crippen LogP contribution in [0.25, 0.3) is 0 Å². The third kappa shape index (κ3) is 9.51. The van der Waals surface area contributed by atoms with E-state index in [-0.39, 0.29) is 34.8 Å². The Kier molecular flexibility index (Phi) is 14.6. The number of halogens is 1.